The Balaban J connectivity index is 1.94. The number of nitrogens with zero attached hydrogens (tertiary/aromatic N) is 1. The number of ether oxygens (including phenoxy) is 4. The minimum absolute atomic E-state index is 0.130. The van der Waals surface area contributed by atoms with Crippen LogP contribution in [0.15, 0.2) is 17.1 Å². The van der Waals surface area contributed by atoms with Crippen LogP contribution in [0.1, 0.15) is 39.2 Å². The molecule has 2 rings (SSSR count). The molecule has 1 fully saturated rings. The molecular weight excluding hydrogens is 382 g/mol. The zero-order chi connectivity index (χ0) is 22.1. The molecule has 1 saturated heterocycles. The minimum Gasteiger partial charge on any atom is -0.496 e. The second-order valence-corrected chi connectivity index (χ2v) is 8.70. The molecule has 1 aromatic rings. The van der Waals surface area contributed by atoms with E-state index in [2.05, 4.69) is 36.4 Å². The average Bonchev–Trinajstić information content (AvgIpc) is 2.75. The fraction of sp³-hybridized carbons (Fsp3) is 0.696. The van der Waals surface area contributed by atoms with Crippen molar-refractivity contribution in [1.82, 2.24) is 10.6 Å². The number of aliphatic imine (C=N–C) groups is 1. The van der Waals surface area contributed by atoms with E-state index in [1.54, 1.807) is 28.4 Å². The monoisotopic (exact) mass is 421 g/mol. The first kappa shape index (κ1) is 24.1. The lowest BCUT2D eigenvalue weighted by molar-refractivity contribution is -0.0835. The second kappa shape index (κ2) is 11.3. The van der Waals surface area contributed by atoms with Crippen LogP contribution in [-0.4, -0.2) is 60.1 Å². The second-order valence-electron chi connectivity index (χ2n) is 8.70. The summed E-state index contributed by atoms with van der Waals surface area (Å²) in [5.41, 5.74) is 1.13. The van der Waals surface area contributed by atoms with Crippen LogP contribution in [0, 0.1) is 11.3 Å². The normalized spacial score (nSPS) is 19.9. The molecule has 0 radical (unpaired) electrons. The zero-order valence-corrected chi connectivity index (χ0v) is 19.6. The van der Waals surface area contributed by atoms with Gasteiger partial charge in [-0.2, -0.15) is 0 Å². The molecule has 2 unspecified atom stereocenters. The Labute approximate surface area is 181 Å². The summed E-state index contributed by atoms with van der Waals surface area (Å²) in [5, 5.41) is 6.88. The Bertz CT molecular complexity index is 675. The highest BCUT2D eigenvalue weighted by molar-refractivity contribution is 5.79. The van der Waals surface area contributed by atoms with Crippen molar-refractivity contribution in [1.29, 1.82) is 0 Å². The number of rotatable bonds is 8. The molecule has 1 heterocycles. The summed E-state index contributed by atoms with van der Waals surface area (Å²) >= 11 is 0. The highest BCUT2D eigenvalue weighted by atomic mass is 16.5. The fourth-order valence-electron chi connectivity index (χ4n) is 4.09. The number of hydrogen-bond donors (Lipinski definition) is 2. The average molecular weight is 422 g/mol. The van der Waals surface area contributed by atoms with E-state index in [4.69, 9.17) is 18.9 Å². The molecule has 30 heavy (non-hydrogen) atoms. The van der Waals surface area contributed by atoms with Gasteiger partial charge >= 0.3 is 0 Å². The van der Waals surface area contributed by atoms with Gasteiger partial charge in [0.25, 0.3) is 0 Å². The number of methoxy groups -OCH3 is 3. The molecule has 0 aliphatic carbocycles. The predicted octanol–water partition coefficient (Wildman–Crippen LogP) is 3.26. The van der Waals surface area contributed by atoms with Gasteiger partial charge in [-0.05, 0) is 24.7 Å². The highest BCUT2D eigenvalue weighted by Gasteiger charge is 2.35. The molecule has 0 spiro atoms. The van der Waals surface area contributed by atoms with E-state index in [-0.39, 0.29) is 11.5 Å². The van der Waals surface area contributed by atoms with E-state index in [1.807, 2.05) is 12.1 Å². The maximum atomic E-state index is 6.09. The van der Waals surface area contributed by atoms with Crippen molar-refractivity contribution in [2.45, 2.75) is 46.1 Å². The van der Waals surface area contributed by atoms with Crippen LogP contribution in [-0.2, 0) is 11.2 Å². The summed E-state index contributed by atoms with van der Waals surface area (Å²) in [4.78, 5) is 4.37. The molecule has 0 amide bonds. The third-order valence-electron chi connectivity index (χ3n) is 5.54. The Hall–Kier alpha value is -2.15. The molecule has 7 heteroatoms. The van der Waals surface area contributed by atoms with Gasteiger partial charge in [-0.3, -0.25) is 4.99 Å². The summed E-state index contributed by atoms with van der Waals surface area (Å²) < 4.78 is 22.5. The van der Waals surface area contributed by atoms with Gasteiger partial charge in [0.05, 0.1) is 27.4 Å². The van der Waals surface area contributed by atoms with Gasteiger partial charge in [0.2, 0.25) is 0 Å². The van der Waals surface area contributed by atoms with Gasteiger partial charge in [-0.1, -0.05) is 20.8 Å². The van der Waals surface area contributed by atoms with Gasteiger partial charge in [0, 0.05) is 50.4 Å². The molecule has 1 aromatic carbocycles. The van der Waals surface area contributed by atoms with Crippen molar-refractivity contribution in [3.8, 4) is 17.2 Å². The van der Waals surface area contributed by atoms with Crippen molar-refractivity contribution in [2.24, 2.45) is 16.3 Å². The molecule has 1 aliphatic heterocycles. The van der Waals surface area contributed by atoms with Gasteiger partial charge in [-0.25, -0.2) is 0 Å². The number of hydrogen-bond acceptors (Lipinski definition) is 5. The third kappa shape index (κ3) is 6.42. The molecule has 1 aliphatic rings. The number of guanidine groups is 1. The number of nitrogens with one attached hydrogen (secondary N) is 2. The van der Waals surface area contributed by atoms with E-state index in [0.717, 1.165) is 49.0 Å². The third-order valence-corrected chi connectivity index (χ3v) is 5.54. The summed E-state index contributed by atoms with van der Waals surface area (Å²) in [7, 11) is 6.74. The van der Waals surface area contributed by atoms with E-state index in [9.17, 15) is 0 Å². The van der Waals surface area contributed by atoms with Crippen molar-refractivity contribution < 1.29 is 18.9 Å². The molecule has 170 valence electrons. The first-order valence-electron chi connectivity index (χ1n) is 10.7. The Kier molecular flexibility index (Phi) is 9.08. The minimum atomic E-state index is 0.130. The van der Waals surface area contributed by atoms with Crippen molar-refractivity contribution in [3.05, 3.63) is 17.7 Å². The standard InChI is InChI=1S/C23H39N3O4/c1-23(2,3)21-16(9-8-12-30-21)15-26-22(24-4)25-11-10-18-19(28-6)13-17(27-5)14-20(18)29-7/h13-14,16,21H,8-12,15H2,1-7H3,(H2,24,25,26). The Morgan fingerprint density at radius 2 is 1.77 bits per heavy atom. The first-order valence-corrected chi connectivity index (χ1v) is 10.7. The molecule has 0 saturated carbocycles. The largest absolute Gasteiger partial charge is 0.496 e. The SMILES string of the molecule is CN=C(NCCc1c(OC)cc(OC)cc1OC)NCC1CCCOC1C(C)(C)C. The van der Waals surface area contributed by atoms with Gasteiger partial charge in [-0.15, -0.1) is 0 Å². The van der Waals surface area contributed by atoms with E-state index >= 15 is 0 Å². The molecule has 2 N–H and O–H groups in total. The van der Waals surface area contributed by atoms with Gasteiger partial charge in [0.1, 0.15) is 17.2 Å². The van der Waals surface area contributed by atoms with Crippen LogP contribution < -0.4 is 24.8 Å². The highest BCUT2D eigenvalue weighted by Crippen LogP contribution is 2.35. The van der Waals surface area contributed by atoms with Crippen LogP contribution in [0.25, 0.3) is 0 Å². The van der Waals surface area contributed by atoms with Gasteiger partial charge in [0.15, 0.2) is 5.96 Å². The lowest BCUT2D eigenvalue weighted by Crippen LogP contribution is -2.47. The van der Waals surface area contributed by atoms with Crippen LogP contribution in [0.2, 0.25) is 0 Å². The van der Waals surface area contributed by atoms with Crippen LogP contribution in [0.3, 0.4) is 0 Å². The maximum Gasteiger partial charge on any atom is 0.190 e. The molecule has 0 bridgehead atoms. The lowest BCUT2D eigenvalue weighted by atomic mass is 9.78. The van der Waals surface area contributed by atoms with Crippen LogP contribution in [0.5, 0.6) is 17.2 Å². The maximum absolute atomic E-state index is 6.09. The summed E-state index contributed by atoms with van der Waals surface area (Å²) in [6.45, 7) is 9.15. The molecule has 7 nitrogen and oxygen atoms in total. The molecule has 2 atom stereocenters. The smallest absolute Gasteiger partial charge is 0.190 e. The van der Waals surface area contributed by atoms with Crippen molar-refractivity contribution in [3.63, 3.8) is 0 Å². The fourth-order valence-corrected chi connectivity index (χ4v) is 4.09. The lowest BCUT2D eigenvalue weighted by Gasteiger charge is -2.40. The van der Waals surface area contributed by atoms with E-state index < -0.39 is 0 Å². The van der Waals surface area contributed by atoms with E-state index in [1.165, 1.54) is 6.42 Å². The summed E-state index contributed by atoms with van der Waals surface area (Å²) in [6, 6.07) is 3.75. The van der Waals surface area contributed by atoms with E-state index in [0.29, 0.717) is 18.2 Å². The van der Waals surface area contributed by atoms with Gasteiger partial charge < -0.3 is 29.6 Å². The predicted molar refractivity (Wildman–Crippen MR) is 121 cm³/mol. The first-order chi connectivity index (χ1) is 14.3. The quantitative estimate of drug-likeness (QED) is 0.496. The summed E-state index contributed by atoms with van der Waals surface area (Å²) in [5.74, 6) is 3.48. The zero-order valence-electron chi connectivity index (χ0n) is 19.6. The summed E-state index contributed by atoms with van der Waals surface area (Å²) in [6.07, 6.45) is 3.27. The van der Waals surface area contributed by atoms with Crippen molar-refractivity contribution >= 4 is 5.96 Å². The topological polar surface area (TPSA) is 73.3 Å². The van der Waals surface area contributed by atoms with Crippen LogP contribution in [0.4, 0.5) is 0 Å². The molecular formula is C23H39N3O4. The van der Waals surface area contributed by atoms with Crippen molar-refractivity contribution in [2.75, 3.05) is 48.1 Å². The molecule has 0 aromatic heterocycles. The van der Waals surface area contributed by atoms with Crippen LogP contribution >= 0.6 is 0 Å². The Morgan fingerprint density at radius 1 is 1.10 bits per heavy atom. The Morgan fingerprint density at radius 3 is 2.30 bits per heavy atom. The number of benzene rings is 1.